The molecule has 0 saturated carbocycles. The molecule has 0 spiro atoms. The summed E-state index contributed by atoms with van der Waals surface area (Å²) in [4.78, 5) is 0. The van der Waals surface area contributed by atoms with E-state index in [2.05, 4.69) is 19.2 Å². The number of rotatable bonds is 8. The summed E-state index contributed by atoms with van der Waals surface area (Å²) in [5.74, 6) is 0.694. The normalized spacial score (nSPS) is 14.4. The van der Waals surface area contributed by atoms with Crippen molar-refractivity contribution in [3.05, 3.63) is 35.6 Å². The van der Waals surface area contributed by atoms with E-state index in [0.717, 1.165) is 25.1 Å². The van der Waals surface area contributed by atoms with Gasteiger partial charge in [0.15, 0.2) is 0 Å². The van der Waals surface area contributed by atoms with Crippen LogP contribution < -0.4 is 5.32 Å². The quantitative estimate of drug-likeness (QED) is 0.769. The van der Waals surface area contributed by atoms with Gasteiger partial charge in [-0.1, -0.05) is 32.0 Å². The monoisotopic (exact) mass is 253 g/mol. The van der Waals surface area contributed by atoms with Crippen LogP contribution in [0.5, 0.6) is 0 Å². The summed E-state index contributed by atoms with van der Waals surface area (Å²) >= 11 is 0. The number of nitrogens with one attached hydrogen (secondary N) is 1. The number of benzene rings is 1. The molecule has 1 N–H and O–H groups in total. The van der Waals surface area contributed by atoms with E-state index in [0.29, 0.717) is 18.4 Å². The summed E-state index contributed by atoms with van der Waals surface area (Å²) in [6.45, 7) is 6.79. The summed E-state index contributed by atoms with van der Waals surface area (Å²) in [6.07, 6.45) is 0.754. The first-order chi connectivity index (χ1) is 8.69. The van der Waals surface area contributed by atoms with Crippen molar-refractivity contribution in [2.45, 2.75) is 20.3 Å². The Hall–Kier alpha value is -0.930. The van der Waals surface area contributed by atoms with Crippen molar-refractivity contribution in [3.8, 4) is 0 Å². The average Bonchev–Trinajstić information content (AvgIpc) is 2.36. The number of hydrogen-bond donors (Lipinski definition) is 1. The SMILES string of the molecule is CCNCC(Cc1ccccc1F)C(C)COC. The third-order valence-electron chi connectivity index (χ3n) is 3.33. The van der Waals surface area contributed by atoms with E-state index in [1.54, 1.807) is 13.2 Å². The number of methoxy groups -OCH3 is 1. The van der Waals surface area contributed by atoms with Crippen LogP contribution in [0.25, 0.3) is 0 Å². The second-order valence-corrected chi connectivity index (χ2v) is 4.80. The summed E-state index contributed by atoms with van der Waals surface area (Å²) in [7, 11) is 1.71. The van der Waals surface area contributed by atoms with Gasteiger partial charge in [0.1, 0.15) is 5.82 Å². The maximum atomic E-state index is 13.7. The van der Waals surface area contributed by atoms with E-state index >= 15 is 0 Å². The van der Waals surface area contributed by atoms with E-state index in [-0.39, 0.29) is 5.82 Å². The van der Waals surface area contributed by atoms with Gasteiger partial charge in [0.25, 0.3) is 0 Å². The topological polar surface area (TPSA) is 21.3 Å². The lowest BCUT2D eigenvalue weighted by Gasteiger charge is -2.24. The second-order valence-electron chi connectivity index (χ2n) is 4.80. The minimum absolute atomic E-state index is 0.108. The molecule has 18 heavy (non-hydrogen) atoms. The van der Waals surface area contributed by atoms with Gasteiger partial charge in [-0.15, -0.1) is 0 Å². The predicted molar refractivity (Wildman–Crippen MR) is 73.2 cm³/mol. The first-order valence-electron chi connectivity index (χ1n) is 6.62. The number of ether oxygens (including phenoxy) is 1. The van der Waals surface area contributed by atoms with Crippen LogP contribution in [0.4, 0.5) is 4.39 Å². The second kappa shape index (κ2) is 8.22. The molecule has 0 heterocycles. The van der Waals surface area contributed by atoms with E-state index in [4.69, 9.17) is 4.74 Å². The van der Waals surface area contributed by atoms with E-state index in [1.807, 2.05) is 12.1 Å². The van der Waals surface area contributed by atoms with Crippen LogP contribution in [-0.4, -0.2) is 26.8 Å². The lowest BCUT2D eigenvalue weighted by Crippen LogP contribution is -2.30. The lowest BCUT2D eigenvalue weighted by molar-refractivity contribution is 0.128. The molecule has 1 rings (SSSR count). The Labute approximate surface area is 110 Å². The molecule has 0 fully saturated rings. The molecular weight excluding hydrogens is 229 g/mol. The zero-order valence-corrected chi connectivity index (χ0v) is 11.6. The zero-order chi connectivity index (χ0) is 13.4. The zero-order valence-electron chi connectivity index (χ0n) is 11.6. The molecule has 0 radical (unpaired) electrons. The van der Waals surface area contributed by atoms with Gasteiger partial charge in [0.2, 0.25) is 0 Å². The minimum atomic E-state index is -0.108. The Bertz CT molecular complexity index is 343. The molecule has 0 saturated heterocycles. The summed E-state index contributed by atoms with van der Waals surface area (Å²) in [5.41, 5.74) is 0.795. The fourth-order valence-electron chi connectivity index (χ4n) is 2.15. The molecule has 0 aliphatic carbocycles. The van der Waals surface area contributed by atoms with Gasteiger partial charge in [-0.3, -0.25) is 0 Å². The van der Waals surface area contributed by atoms with Crippen molar-refractivity contribution in [1.82, 2.24) is 5.32 Å². The molecule has 0 bridgehead atoms. The van der Waals surface area contributed by atoms with Gasteiger partial charge < -0.3 is 10.1 Å². The van der Waals surface area contributed by atoms with Crippen molar-refractivity contribution in [1.29, 1.82) is 0 Å². The molecule has 0 aliphatic heterocycles. The Morgan fingerprint density at radius 3 is 2.67 bits per heavy atom. The Balaban J connectivity index is 2.68. The fraction of sp³-hybridized carbons (Fsp3) is 0.600. The fourth-order valence-corrected chi connectivity index (χ4v) is 2.15. The molecule has 2 atom stereocenters. The third kappa shape index (κ3) is 4.75. The highest BCUT2D eigenvalue weighted by Crippen LogP contribution is 2.19. The van der Waals surface area contributed by atoms with Crippen LogP contribution in [0.2, 0.25) is 0 Å². The molecule has 102 valence electrons. The van der Waals surface area contributed by atoms with Gasteiger partial charge in [0, 0.05) is 13.7 Å². The van der Waals surface area contributed by atoms with Crippen LogP contribution in [0.15, 0.2) is 24.3 Å². The third-order valence-corrected chi connectivity index (χ3v) is 3.33. The Morgan fingerprint density at radius 2 is 2.06 bits per heavy atom. The largest absolute Gasteiger partial charge is 0.384 e. The average molecular weight is 253 g/mol. The molecule has 3 heteroatoms. The van der Waals surface area contributed by atoms with Crippen LogP contribution in [0.1, 0.15) is 19.4 Å². The summed E-state index contributed by atoms with van der Waals surface area (Å²) < 4.78 is 18.9. The van der Waals surface area contributed by atoms with Crippen molar-refractivity contribution >= 4 is 0 Å². The van der Waals surface area contributed by atoms with Gasteiger partial charge in [-0.05, 0) is 43.0 Å². The molecule has 2 nitrogen and oxygen atoms in total. The first kappa shape index (κ1) is 15.1. The molecule has 2 unspecified atom stereocenters. The minimum Gasteiger partial charge on any atom is -0.384 e. The van der Waals surface area contributed by atoms with Crippen molar-refractivity contribution in [2.24, 2.45) is 11.8 Å². The van der Waals surface area contributed by atoms with E-state index in [9.17, 15) is 4.39 Å². The van der Waals surface area contributed by atoms with Gasteiger partial charge in [0.05, 0.1) is 0 Å². The molecule has 0 amide bonds. The molecular formula is C15H24FNO. The van der Waals surface area contributed by atoms with Crippen molar-refractivity contribution < 1.29 is 9.13 Å². The number of halogens is 1. The standard InChI is InChI=1S/C15H24FNO/c1-4-17-10-14(12(2)11-18-3)9-13-7-5-6-8-15(13)16/h5-8,12,14,17H,4,9-11H2,1-3H3. The van der Waals surface area contributed by atoms with Crippen molar-refractivity contribution in [3.63, 3.8) is 0 Å². The highest BCUT2D eigenvalue weighted by molar-refractivity contribution is 5.18. The van der Waals surface area contributed by atoms with Crippen LogP contribution in [0.3, 0.4) is 0 Å². The maximum absolute atomic E-state index is 13.7. The van der Waals surface area contributed by atoms with Crippen LogP contribution in [-0.2, 0) is 11.2 Å². The summed E-state index contributed by atoms with van der Waals surface area (Å²) in [6, 6.07) is 7.02. The maximum Gasteiger partial charge on any atom is 0.126 e. The predicted octanol–water partition coefficient (Wildman–Crippen LogP) is 2.88. The van der Waals surface area contributed by atoms with E-state index in [1.165, 1.54) is 6.07 Å². The Morgan fingerprint density at radius 1 is 1.33 bits per heavy atom. The highest BCUT2D eigenvalue weighted by Gasteiger charge is 2.18. The van der Waals surface area contributed by atoms with Crippen LogP contribution >= 0.6 is 0 Å². The van der Waals surface area contributed by atoms with Gasteiger partial charge in [-0.2, -0.15) is 0 Å². The number of hydrogen-bond acceptors (Lipinski definition) is 2. The molecule has 1 aromatic carbocycles. The van der Waals surface area contributed by atoms with Crippen molar-refractivity contribution in [2.75, 3.05) is 26.8 Å². The highest BCUT2D eigenvalue weighted by atomic mass is 19.1. The molecule has 0 aliphatic rings. The summed E-state index contributed by atoms with van der Waals surface area (Å²) in [5, 5.41) is 3.35. The van der Waals surface area contributed by atoms with Gasteiger partial charge >= 0.3 is 0 Å². The lowest BCUT2D eigenvalue weighted by atomic mass is 9.88. The van der Waals surface area contributed by atoms with Gasteiger partial charge in [-0.25, -0.2) is 4.39 Å². The smallest absolute Gasteiger partial charge is 0.126 e. The van der Waals surface area contributed by atoms with E-state index < -0.39 is 0 Å². The Kier molecular flexibility index (Phi) is 6.91. The molecule has 0 aromatic heterocycles. The molecule has 1 aromatic rings. The van der Waals surface area contributed by atoms with Crippen LogP contribution in [0, 0.1) is 17.7 Å². The first-order valence-corrected chi connectivity index (χ1v) is 6.62.